The van der Waals surface area contributed by atoms with Gasteiger partial charge in [0.2, 0.25) is 5.88 Å². The Morgan fingerprint density at radius 3 is 2.97 bits per heavy atom. The highest BCUT2D eigenvalue weighted by atomic mass is 16.5. The third-order valence-electron chi connectivity index (χ3n) is 6.29. The number of methoxy groups -OCH3 is 1. The van der Waals surface area contributed by atoms with Gasteiger partial charge in [-0.1, -0.05) is 12.1 Å². The molecule has 0 aliphatic carbocycles. The maximum atomic E-state index is 13.1. The number of hydrogen-bond donors (Lipinski definition) is 3. The van der Waals surface area contributed by atoms with Crippen molar-refractivity contribution in [1.82, 2.24) is 25.4 Å². The molecule has 32 heavy (non-hydrogen) atoms. The summed E-state index contributed by atoms with van der Waals surface area (Å²) < 4.78 is 5.08. The molecule has 4 heterocycles. The molecule has 3 aliphatic heterocycles. The first-order valence-corrected chi connectivity index (χ1v) is 11.2. The van der Waals surface area contributed by atoms with Crippen LogP contribution in [0, 0.1) is 0 Å². The summed E-state index contributed by atoms with van der Waals surface area (Å²) in [6, 6.07) is 2.80. The van der Waals surface area contributed by atoms with Gasteiger partial charge >= 0.3 is 12.0 Å². The molecule has 4 rings (SSSR count). The van der Waals surface area contributed by atoms with Crippen molar-refractivity contribution in [2.45, 2.75) is 44.3 Å². The van der Waals surface area contributed by atoms with Gasteiger partial charge in [-0.15, -0.1) is 0 Å². The van der Waals surface area contributed by atoms with Crippen LogP contribution in [0.3, 0.4) is 0 Å². The number of fused-ring (bicyclic) bond motifs is 1. The molecule has 2 atom stereocenters. The minimum absolute atomic E-state index is 0.117. The molecule has 0 aromatic carbocycles. The molecule has 2 amide bonds. The van der Waals surface area contributed by atoms with E-state index in [4.69, 9.17) is 4.74 Å². The zero-order valence-corrected chi connectivity index (χ0v) is 18.4. The summed E-state index contributed by atoms with van der Waals surface area (Å²) >= 11 is 0. The second-order valence-electron chi connectivity index (χ2n) is 8.38. The highest BCUT2D eigenvalue weighted by Crippen LogP contribution is 2.29. The van der Waals surface area contributed by atoms with E-state index >= 15 is 0 Å². The molecule has 2 saturated heterocycles. The largest absolute Gasteiger partial charge is 0.481 e. The van der Waals surface area contributed by atoms with Crippen LogP contribution < -0.4 is 15.4 Å². The lowest BCUT2D eigenvalue weighted by molar-refractivity contribution is -0.138. The normalized spacial score (nSPS) is 21.4. The highest BCUT2D eigenvalue weighted by molar-refractivity contribution is 5.78. The number of pyridine rings is 1. The maximum absolute atomic E-state index is 13.1. The van der Waals surface area contributed by atoms with E-state index in [0.717, 1.165) is 25.8 Å². The monoisotopic (exact) mass is 441 g/mol. The predicted molar refractivity (Wildman–Crippen MR) is 119 cm³/mol. The van der Waals surface area contributed by atoms with Gasteiger partial charge in [0, 0.05) is 37.6 Å². The number of nitrogens with one attached hydrogen (secondary N) is 2. The second-order valence-corrected chi connectivity index (χ2v) is 8.38. The first-order valence-electron chi connectivity index (χ1n) is 11.2. The summed E-state index contributed by atoms with van der Waals surface area (Å²) in [4.78, 5) is 32.2. The minimum atomic E-state index is -0.948. The van der Waals surface area contributed by atoms with Crippen LogP contribution in [0.2, 0.25) is 0 Å². The second kappa shape index (κ2) is 10.0. The van der Waals surface area contributed by atoms with E-state index < -0.39 is 12.0 Å². The van der Waals surface area contributed by atoms with Gasteiger partial charge in [0.25, 0.3) is 0 Å². The lowest BCUT2D eigenvalue weighted by Gasteiger charge is -2.32. The molecule has 172 valence electrons. The van der Waals surface area contributed by atoms with E-state index in [1.54, 1.807) is 23.2 Å². The number of aliphatic carboxylic acids is 1. The third-order valence-corrected chi connectivity index (χ3v) is 6.29. The Morgan fingerprint density at radius 1 is 1.34 bits per heavy atom. The van der Waals surface area contributed by atoms with E-state index in [1.165, 1.54) is 24.8 Å². The van der Waals surface area contributed by atoms with Crippen molar-refractivity contribution in [1.29, 1.82) is 0 Å². The summed E-state index contributed by atoms with van der Waals surface area (Å²) in [6.45, 7) is 2.77. The zero-order valence-electron chi connectivity index (χ0n) is 18.4. The summed E-state index contributed by atoms with van der Waals surface area (Å²) in [5, 5.41) is 16.5. The van der Waals surface area contributed by atoms with Crippen molar-refractivity contribution in [3.8, 4) is 5.88 Å². The first-order chi connectivity index (χ1) is 15.5. The molecule has 1 aromatic rings. The van der Waals surface area contributed by atoms with Crippen molar-refractivity contribution < 1.29 is 19.4 Å². The van der Waals surface area contributed by atoms with Gasteiger partial charge < -0.3 is 25.0 Å². The number of carbonyl (C=O) groups is 2. The molecule has 9 heteroatoms. The summed E-state index contributed by atoms with van der Waals surface area (Å²) in [7, 11) is 1.53. The average molecular weight is 442 g/mol. The molecule has 0 bridgehead atoms. The number of ether oxygens (including phenoxy) is 1. The number of dihydropyridines is 1. The molecule has 0 saturated carbocycles. The average Bonchev–Trinajstić information content (AvgIpc) is 3.17. The number of nitrogens with zero attached hydrogens (tertiary/aromatic N) is 3. The molecular formula is C23H31N5O4. The molecule has 0 spiro atoms. The fraction of sp³-hybridized carbons (Fsp3) is 0.522. The Kier molecular flexibility index (Phi) is 6.94. The van der Waals surface area contributed by atoms with Gasteiger partial charge in [-0.3, -0.25) is 10.1 Å². The van der Waals surface area contributed by atoms with E-state index in [-0.39, 0.29) is 18.6 Å². The maximum Gasteiger partial charge on any atom is 0.320 e. The fourth-order valence-corrected chi connectivity index (χ4v) is 4.58. The number of carboxylic acid groups (broad SMARTS) is 1. The molecule has 9 nitrogen and oxygen atoms in total. The summed E-state index contributed by atoms with van der Waals surface area (Å²) in [6.07, 6.45) is 10.1. The van der Waals surface area contributed by atoms with Crippen molar-refractivity contribution in [3.05, 3.63) is 47.3 Å². The Labute approximate surface area is 188 Å². The number of amides is 2. The number of rotatable bonds is 9. The number of urea groups is 1. The zero-order chi connectivity index (χ0) is 22.5. The Hall–Kier alpha value is -3.07. The van der Waals surface area contributed by atoms with Gasteiger partial charge in [-0.2, -0.15) is 0 Å². The molecule has 3 aliphatic rings. The quantitative estimate of drug-likeness (QED) is 0.540. The van der Waals surface area contributed by atoms with Gasteiger partial charge in [0.1, 0.15) is 0 Å². The number of aromatic nitrogens is 1. The van der Waals surface area contributed by atoms with E-state index in [0.29, 0.717) is 31.1 Å². The third kappa shape index (κ3) is 5.04. The van der Waals surface area contributed by atoms with Crippen molar-refractivity contribution in [3.63, 3.8) is 0 Å². The summed E-state index contributed by atoms with van der Waals surface area (Å²) in [5.41, 5.74) is 3.29. The van der Waals surface area contributed by atoms with Crippen molar-refractivity contribution in [2.75, 3.05) is 33.3 Å². The van der Waals surface area contributed by atoms with Crippen LogP contribution in [0.1, 0.15) is 43.7 Å². The topological polar surface area (TPSA) is 107 Å². The van der Waals surface area contributed by atoms with Crippen LogP contribution in [0.5, 0.6) is 5.88 Å². The van der Waals surface area contributed by atoms with Crippen LogP contribution in [0.15, 0.2) is 41.8 Å². The molecular weight excluding hydrogens is 410 g/mol. The predicted octanol–water partition coefficient (Wildman–Crippen LogP) is 2.25. The number of carbonyl (C=O) groups excluding carboxylic acids is 1. The fourth-order valence-electron chi connectivity index (χ4n) is 4.58. The van der Waals surface area contributed by atoms with E-state index in [9.17, 15) is 14.7 Å². The first kappa shape index (κ1) is 22.1. The van der Waals surface area contributed by atoms with E-state index in [1.807, 2.05) is 4.90 Å². The number of carboxylic acids is 1. The number of piperidine rings is 1. The van der Waals surface area contributed by atoms with Crippen LogP contribution in [0.25, 0.3) is 0 Å². The minimum Gasteiger partial charge on any atom is -0.481 e. The molecule has 1 aromatic heterocycles. The molecule has 3 N–H and O–H groups in total. The van der Waals surface area contributed by atoms with Gasteiger partial charge in [-0.05, 0) is 49.4 Å². The van der Waals surface area contributed by atoms with Crippen LogP contribution in [0.4, 0.5) is 4.79 Å². The standard InChI is InChI=1S/C23H31N5O4/c1-32-20-9-7-17(15-25-20)19(14-21(29)30)28-13-12-27(23(28)31)11-3-5-18-8-6-16-4-2-10-24-22(16)26-18/h6-9,15,19,22,24,26H,2-5,10-14H2,1H3,(H,29,30). The van der Waals surface area contributed by atoms with Crippen molar-refractivity contribution in [2.24, 2.45) is 0 Å². The molecule has 0 radical (unpaired) electrons. The summed E-state index contributed by atoms with van der Waals surface area (Å²) in [5.74, 6) is -0.496. The van der Waals surface area contributed by atoms with E-state index in [2.05, 4.69) is 27.8 Å². The molecule has 2 unspecified atom stereocenters. The van der Waals surface area contributed by atoms with Crippen LogP contribution >= 0.6 is 0 Å². The smallest absolute Gasteiger partial charge is 0.320 e. The SMILES string of the molecule is COc1ccc(C(CC(=O)O)N2CCN(CCCC3=CC=C4CCCNC4N3)C2=O)cn1. The lowest BCUT2D eigenvalue weighted by Crippen LogP contribution is -2.47. The van der Waals surface area contributed by atoms with Gasteiger partial charge in [-0.25, -0.2) is 9.78 Å². The number of hydrogen-bond acceptors (Lipinski definition) is 6. The van der Waals surface area contributed by atoms with Crippen LogP contribution in [-0.4, -0.2) is 71.3 Å². The van der Waals surface area contributed by atoms with Crippen molar-refractivity contribution >= 4 is 12.0 Å². The number of allylic oxidation sites excluding steroid dienone is 3. The Balaban J connectivity index is 1.34. The van der Waals surface area contributed by atoms with Crippen LogP contribution in [-0.2, 0) is 4.79 Å². The molecule has 2 fully saturated rings. The Bertz CT molecular complexity index is 898. The Morgan fingerprint density at radius 2 is 2.22 bits per heavy atom. The van der Waals surface area contributed by atoms with Gasteiger partial charge in [0.05, 0.1) is 25.7 Å². The van der Waals surface area contributed by atoms with Gasteiger partial charge in [0.15, 0.2) is 0 Å². The lowest BCUT2D eigenvalue weighted by atomic mass is 9.99. The highest BCUT2D eigenvalue weighted by Gasteiger charge is 2.35.